The van der Waals surface area contributed by atoms with Crippen molar-refractivity contribution in [3.63, 3.8) is 0 Å². The predicted molar refractivity (Wildman–Crippen MR) is 72.6 cm³/mol. The molecule has 0 saturated heterocycles. The molecule has 7 heteroatoms. The Morgan fingerprint density at radius 2 is 1.59 bits per heavy atom. The fraction of sp³-hybridized carbons (Fsp3) is 0.200. The molecule has 0 spiro atoms. The number of carbonyl (C=O) groups is 2. The van der Waals surface area contributed by atoms with E-state index < -0.39 is 23.7 Å². The summed E-state index contributed by atoms with van der Waals surface area (Å²) in [7, 11) is 0. The SMILES string of the molecule is C=CC(=O)OCCOC(=O)C=Cc1ccc(C(F)(F)F)cc1. The maximum atomic E-state index is 12.4. The van der Waals surface area contributed by atoms with Gasteiger partial charge < -0.3 is 9.47 Å². The van der Waals surface area contributed by atoms with Crippen molar-refractivity contribution in [1.29, 1.82) is 0 Å². The molecule has 1 aromatic carbocycles. The highest BCUT2D eigenvalue weighted by Gasteiger charge is 2.29. The van der Waals surface area contributed by atoms with Crippen molar-refractivity contribution < 1.29 is 32.2 Å². The normalized spacial score (nSPS) is 11.2. The first-order valence-electron chi connectivity index (χ1n) is 6.14. The lowest BCUT2D eigenvalue weighted by Crippen LogP contribution is -2.11. The molecule has 0 aliphatic carbocycles. The average molecular weight is 314 g/mol. The fourth-order valence-electron chi connectivity index (χ4n) is 1.34. The van der Waals surface area contributed by atoms with E-state index in [1.807, 2.05) is 0 Å². The van der Waals surface area contributed by atoms with Crippen LogP contribution in [0.4, 0.5) is 13.2 Å². The van der Waals surface area contributed by atoms with E-state index >= 15 is 0 Å². The molecular formula is C15H13F3O4. The van der Waals surface area contributed by atoms with Crippen molar-refractivity contribution in [2.75, 3.05) is 13.2 Å². The second-order valence-electron chi connectivity index (χ2n) is 3.99. The molecule has 0 amide bonds. The Labute approximate surface area is 124 Å². The number of ether oxygens (including phenoxy) is 2. The van der Waals surface area contributed by atoms with Gasteiger partial charge in [-0.25, -0.2) is 9.59 Å². The zero-order valence-corrected chi connectivity index (χ0v) is 11.4. The molecule has 0 unspecified atom stereocenters. The zero-order chi connectivity index (χ0) is 16.6. The monoisotopic (exact) mass is 314 g/mol. The molecule has 0 aromatic heterocycles. The molecule has 0 aliphatic heterocycles. The number of esters is 2. The molecular weight excluding hydrogens is 301 g/mol. The van der Waals surface area contributed by atoms with Gasteiger partial charge in [0.15, 0.2) is 0 Å². The van der Waals surface area contributed by atoms with Crippen molar-refractivity contribution in [3.05, 3.63) is 54.1 Å². The standard InChI is InChI=1S/C15H13F3O4/c1-2-13(19)21-9-10-22-14(20)8-5-11-3-6-12(7-4-11)15(16,17)18/h2-8H,1,9-10H2. The maximum Gasteiger partial charge on any atom is 0.416 e. The van der Waals surface area contributed by atoms with E-state index in [2.05, 4.69) is 11.3 Å². The summed E-state index contributed by atoms with van der Waals surface area (Å²) < 4.78 is 46.4. The molecule has 4 nitrogen and oxygen atoms in total. The van der Waals surface area contributed by atoms with Gasteiger partial charge in [0.25, 0.3) is 0 Å². The third-order valence-electron chi connectivity index (χ3n) is 2.39. The Kier molecular flexibility index (Phi) is 6.37. The molecule has 1 aromatic rings. The Morgan fingerprint density at radius 3 is 2.09 bits per heavy atom. The van der Waals surface area contributed by atoms with E-state index in [0.29, 0.717) is 5.56 Å². The third kappa shape index (κ3) is 6.25. The summed E-state index contributed by atoms with van der Waals surface area (Å²) >= 11 is 0. The van der Waals surface area contributed by atoms with Crippen LogP contribution in [0, 0.1) is 0 Å². The Morgan fingerprint density at radius 1 is 1.05 bits per heavy atom. The van der Waals surface area contributed by atoms with Gasteiger partial charge in [-0.2, -0.15) is 13.2 Å². The molecule has 1 rings (SSSR count). The van der Waals surface area contributed by atoms with Crippen molar-refractivity contribution in [2.45, 2.75) is 6.18 Å². The minimum absolute atomic E-state index is 0.106. The number of benzene rings is 1. The summed E-state index contributed by atoms with van der Waals surface area (Å²) in [6, 6.07) is 4.30. The second kappa shape index (κ2) is 8.02. The van der Waals surface area contributed by atoms with Gasteiger partial charge in [-0.1, -0.05) is 18.7 Å². The largest absolute Gasteiger partial charge is 0.459 e. The minimum Gasteiger partial charge on any atom is -0.459 e. The Balaban J connectivity index is 2.42. The zero-order valence-electron chi connectivity index (χ0n) is 11.4. The molecule has 118 valence electrons. The first-order valence-corrected chi connectivity index (χ1v) is 6.14. The Bertz CT molecular complexity index is 559. The summed E-state index contributed by atoms with van der Waals surface area (Å²) in [5.74, 6) is -1.33. The average Bonchev–Trinajstić information content (AvgIpc) is 2.48. The molecule has 0 heterocycles. The highest BCUT2D eigenvalue weighted by Crippen LogP contribution is 2.29. The number of carbonyl (C=O) groups excluding carboxylic acids is 2. The van der Waals surface area contributed by atoms with Crippen LogP contribution in [-0.2, 0) is 25.2 Å². The second-order valence-corrected chi connectivity index (χ2v) is 3.99. The van der Waals surface area contributed by atoms with Crippen LogP contribution >= 0.6 is 0 Å². The van der Waals surface area contributed by atoms with Crippen LogP contribution in [0.1, 0.15) is 11.1 Å². The third-order valence-corrected chi connectivity index (χ3v) is 2.39. The number of alkyl halides is 3. The highest BCUT2D eigenvalue weighted by molar-refractivity contribution is 5.87. The van der Waals surface area contributed by atoms with E-state index in [1.165, 1.54) is 18.2 Å². The number of hydrogen-bond acceptors (Lipinski definition) is 4. The van der Waals surface area contributed by atoms with Gasteiger partial charge in [0, 0.05) is 12.2 Å². The molecule has 0 radical (unpaired) electrons. The lowest BCUT2D eigenvalue weighted by Gasteiger charge is -2.06. The van der Waals surface area contributed by atoms with Crippen molar-refractivity contribution >= 4 is 18.0 Å². The number of halogens is 3. The number of hydrogen-bond donors (Lipinski definition) is 0. The van der Waals surface area contributed by atoms with Gasteiger partial charge in [0.1, 0.15) is 13.2 Å². The summed E-state index contributed by atoms with van der Waals surface area (Å²) in [5.41, 5.74) is -0.348. The lowest BCUT2D eigenvalue weighted by atomic mass is 10.1. The molecule has 0 N–H and O–H groups in total. The van der Waals surface area contributed by atoms with E-state index in [0.717, 1.165) is 24.3 Å². The first-order chi connectivity index (χ1) is 10.3. The van der Waals surface area contributed by atoms with Crippen molar-refractivity contribution in [3.8, 4) is 0 Å². The fourth-order valence-corrected chi connectivity index (χ4v) is 1.34. The van der Waals surface area contributed by atoms with Crippen LogP contribution in [0.3, 0.4) is 0 Å². The summed E-state index contributed by atoms with van der Waals surface area (Å²) in [4.78, 5) is 22.0. The molecule has 0 atom stereocenters. The van der Waals surface area contributed by atoms with Crippen LogP contribution in [0.25, 0.3) is 6.08 Å². The van der Waals surface area contributed by atoms with Crippen LogP contribution in [0.2, 0.25) is 0 Å². The van der Waals surface area contributed by atoms with Gasteiger partial charge >= 0.3 is 18.1 Å². The van der Waals surface area contributed by atoms with E-state index in [-0.39, 0.29) is 13.2 Å². The van der Waals surface area contributed by atoms with Gasteiger partial charge in [-0.15, -0.1) is 0 Å². The smallest absolute Gasteiger partial charge is 0.416 e. The van der Waals surface area contributed by atoms with Gasteiger partial charge in [-0.05, 0) is 23.8 Å². The van der Waals surface area contributed by atoms with Crippen molar-refractivity contribution in [1.82, 2.24) is 0 Å². The van der Waals surface area contributed by atoms with Crippen LogP contribution in [-0.4, -0.2) is 25.2 Å². The summed E-state index contributed by atoms with van der Waals surface area (Å²) in [6.45, 7) is 2.96. The summed E-state index contributed by atoms with van der Waals surface area (Å²) in [6.07, 6.45) is -1.04. The topological polar surface area (TPSA) is 52.6 Å². The maximum absolute atomic E-state index is 12.4. The first kappa shape index (κ1) is 17.5. The van der Waals surface area contributed by atoms with Gasteiger partial charge in [0.2, 0.25) is 0 Å². The Hall–Kier alpha value is -2.57. The molecule has 22 heavy (non-hydrogen) atoms. The quantitative estimate of drug-likeness (QED) is 0.460. The summed E-state index contributed by atoms with van der Waals surface area (Å²) in [5, 5.41) is 0. The molecule has 0 bridgehead atoms. The van der Waals surface area contributed by atoms with Gasteiger partial charge in [-0.3, -0.25) is 0 Å². The molecule has 0 aliphatic rings. The molecule has 0 fully saturated rings. The highest BCUT2D eigenvalue weighted by atomic mass is 19.4. The molecule has 0 saturated carbocycles. The van der Waals surface area contributed by atoms with Gasteiger partial charge in [0.05, 0.1) is 5.56 Å². The predicted octanol–water partition coefficient (Wildman–Crippen LogP) is 2.99. The number of rotatable bonds is 6. The van der Waals surface area contributed by atoms with Crippen LogP contribution in [0.15, 0.2) is 43.0 Å². The van der Waals surface area contributed by atoms with Crippen LogP contribution in [0.5, 0.6) is 0 Å². The van der Waals surface area contributed by atoms with E-state index in [4.69, 9.17) is 4.74 Å². The van der Waals surface area contributed by atoms with E-state index in [9.17, 15) is 22.8 Å². The minimum atomic E-state index is -4.40. The lowest BCUT2D eigenvalue weighted by molar-refractivity contribution is -0.145. The van der Waals surface area contributed by atoms with Crippen molar-refractivity contribution in [2.24, 2.45) is 0 Å². The van der Waals surface area contributed by atoms with Crippen LogP contribution < -0.4 is 0 Å². The van der Waals surface area contributed by atoms with E-state index in [1.54, 1.807) is 0 Å².